The van der Waals surface area contributed by atoms with Crippen molar-refractivity contribution in [1.82, 2.24) is 9.80 Å². The quantitative estimate of drug-likeness (QED) is 0.510. The van der Waals surface area contributed by atoms with Crippen molar-refractivity contribution >= 4 is 30.5 Å². The summed E-state index contributed by atoms with van der Waals surface area (Å²) in [5, 5.41) is 0. The SMILES string of the molecule is CN1C(=O)C(=O)N(CC(CS)c2ccccc2)C1=O. The van der Waals surface area contributed by atoms with Crippen molar-refractivity contribution in [2.75, 3.05) is 19.3 Å². The summed E-state index contributed by atoms with van der Waals surface area (Å²) in [6, 6.07) is 8.92. The molecule has 0 saturated carbocycles. The first kappa shape index (κ1) is 13.6. The van der Waals surface area contributed by atoms with Gasteiger partial charge in [-0.3, -0.25) is 19.4 Å². The molecule has 6 heteroatoms. The van der Waals surface area contributed by atoms with Gasteiger partial charge in [0.25, 0.3) is 0 Å². The van der Waals surface area contributed by atoms with E-state index >= 15 is 0 Å². The fourth-order valence-corrected chi connectivity index (χ4v) is 2.32. The Kier molecular flexibility index (Phi) is 3.90. The lowest BCUT2D eigenvalue weighted by Crippen LogP contribution is -2.35. The first-order valence-corrected chi connectivity index (χ1v) is 6.48. The number of hydrogen-bond donors (Lipinski definition) is 1. The number of rotatable bonds is 4. The Bertz CT molecular complexity index is 518. The summed E-state index contributed by atoms with van der Waals surface area (Å²) < 4.78 is 0. The number of urea groups is 1. The van der Waals surface area contributed by atoms with Gasteiger partial charge in [0.05, 0.1) is 0 Å². The van der Waals surface area contributed by atoms with Crippen molar-refractivity contribution in [1.29, 1.82) is 0 Å². The van der Waals surface area contributed by atoms with Gasteiger partial charge >= 0.3 is 17.8 Å². The fraction of sp³-hybridized carbons (Fsp3) is 0.308. The van der Waals surface area contributed by atoms with Gasteiger partial charge in [0.15, 0.2) is 0 Å². The molecule has 1 unspecified atom stereocenters. The van der Waals surface area contributed by atoms with E-state index in [9.17, 15) is 14.4 Å². The summed E-state index contributed by atoms with van der Waals surface area (Å²) >= 11 is 4.26. The van der Waals surface area contributed by atoms with Gasteiger partial charge in [0, 0.05) is 19.5 Å². The van der Waals surface area contributed by atoms with E-state index in [0.29, 0.717) is 5.75 Å². The predicted molar refractivity (Wildman–Crippen MR) is 72.9 cm³/mol. The topological polar surface area (TPSA) is 57.7 Å². The highest BCUT2D eigenvalue weighted by Gasteiger charge is 2.42. The summed E-state index contributed by atoms with van der Waals surface area (Å²) in [7, 11) is 1.31. The maximum Gasteiger partial charge on any atom is 0.333 e. The number of imide groups is 2. The second kappa shape index (κ2) is 5.44. The Morgan fingerprint density at radius 1 is 1.11 bits per heavy atom. The number of thiol groups is 1. The van der Waals surface area contributed by atoms with E-state index in [2.05, 4.69) is 12.6 Å². The van der Waals surface area contributed by atoms with E-state index in [-0.39, 0.29) is 12.5 Å². The molecule has 19 heavy (non-hydrogen) atoms. The molecule has 0 radical (unpaired) electrons. The minimum Gasteiger partial charge on any atom is -0.263 e. The molecule has 100 valence electrons. The first-order valence-electron chi connectivity index (χ1n) is 5.85. The molecule has 1 heterocycles. The number of carbonyl (C=O) groups is 3. The van der Waals surface area contributed by atoms with Crippen LogP contribution in [0.25, 0.3) is 0 Å². The Morgan fingerprint density at radius 2 is 1.74 bits per heavy atom. The highest BCUT2D eigenvalue weighted by molar-refractivity contribution is 7.80. The molecule has 1 fully saturated rings. The zero-order valence-corrected chi connectivity index (χ0v) is 11.3. The van der Waals surface area contributed by atoms with Crippen LogP contribution >= 0.6 is 12.6 Å². The van der Waals surface area contributed by atoms with Crippen molar-refractivity contribution in [3.8, 4) is 0 Å². The Morgan fingerprint density at radius 3 is 2.21 bits per heavy atom. The molecule has 2 rings (SSSR count). The highest BCUT2D eigenvalue weighted by atomic mass is 32.1. The van der Waals surface area contributed by atoms with Crippen molar-refractivity contribution in [3.63, 3.8) is 0 Å². The van der Waals surface area contributed by atoms with Crippen LogP contribution in [0.1, 0.15) is 11.5 Å². The molecule has 1 atom stereocenters. The monoisotopic (exact) mass is 278 g/mol. The molecule has 5 nitrogen and oxygen atoms in total. The lowest BCUT2D eigenvalue weighted by molar-refractivity contribution is -0.142. The number of nitrogens with zero attached hydrogens (tertiary/aromatic N) is 2. The molecule has 4 amide bonds. The summed E-state index contributed by atoms with van der Waals surface area (Å²) in [6.07, 6.45) is 0. The van der Waals surface area contributed by atoms with Gasteiger partial charge in [-0.25, -0.2) is 4.79 Å². The smallest absolute Gasteiger partial charge is 0.263 e. The van der Waals surface area contributed by atoms with Crippen LogP contribution in [0, 0.1) is 0 Å². The normalized spacial score (nSPS) is 17.3. The second-order valence-electron chi connectivity index (χ2n) is 4.35. The van der Waals surface area contributed by atoms with Crippen LogP contribution < -0.4 is 0 Å². The Labute approximate surface area is 116 Å². The summed E-state index contributed by atoms with van der Waals surface area (Å²) in [5.41, 5.74) is 0.986. The van der Waals surface area contributed by atoms with Crippen molar-refractivity contribution in [2.45, 2.75) is 5.92 Å². The van der Waals surface area contributed by atoms with E-state index in [1.165, 1.54) is 7.05 Å². The van der Waals surface area contributed by atoms with E-state index in [1.807, 2.05) is 30.3 Å². The molecule has 0 bridgehead atoms. The van der Waals surface area contributed by atoms with Crippen LogP contribution in [0.5, 0.6) is 0 Å². The minimum atomic E-state index is -0.782. The molecular formula is C13H14N2O3S. The molecule has 0 aromatic heterocycles. The largest absolute Gasteiger partial charge is 0.333 e. The molecule has 1 aliphatic heterocycles. The predicted octanol–water partition coefficient (Wildman–Crippen LogP) is 1.12. The summed E-state index contributed by atoms with van der Waals surface area (Å²) in [4.78, 5) is 36.7. The van der Waals surface area contributed by atoms with Crippen molar-refractivity contribution in [3.05, 3.63) is 35.9 Å². The maximum absolute atomic E-state index is 11.8. The first-order chi connectivity index (χ1) is 9.06. The fourth-order valence-electron chi connectivity index (χ4n) is 1.99. The molecular weight excluding hydrogens is 264 g/mol. The number of hydrogen-bond acceptors (Lipinski definition) is 4. The third-order valence-electron chi connectivity index (χ3n) is 3.14. The van der Waals surface area contributed by atoms with Gasteiger partial charge in [-0.05, 0) is 11.3 Å². The van der Waals surface area contributed by atoms with E-state index in [0.717, 1.165) is 15.4 Å². The average molecular weight is 278 g/mol. The minimum absolute atomic E-state index is 0.0864. The molecule has 1 aromatic carbocycles. The summed E-state index contributed by atoms with van der Waals surface area (Å²) in [5.74, 6) is -1.15. The zero-order valence-electron chi connectivity index (χ0n) is 10.4. The highest BCUT2D eigenvalue weighted by Crippen LogP contribution is 2.21. The number of carbonyl (C=O) groups excluding carboxylic acids is 3. The lowest BCUT2D eigenvalue weighted by atomic mass is 10.0. The average Bonchev–Trinajstić information content (AvgIpc) is 2.62. The number of benzene rings is 1. The molecule has 1 aromatic rings. The molecule has 1 aliphatic rings. The van der Waals surface area contributed by atoms with Crippen LogP contribution in [0.15, 0.2) is 30.3 Å². The van der Waals surface area contributed by atoms with Gasteiger partial charge < -0.3 is 0 Å². The van der Waals surface area contributed by atoms with E-state index < -0.39 is 17.8 Å². The van der Waals surface area contributed by atoms with Crippen molar-refractivity contribution in [2.24, 2.45) is 0 Å². The number of likely N-dealkylation sites (N-methyl/N-ethyl adjacent to an activating group) is 1. The molecule has 0 N–H and O–H groups in total. The Balaban J connectivity index is 2.18. The van der Waals surface area contributed by atoms with Crippen LogP contribution in [0.4, 0.5) is 4.79 Å². The van der Waals surface area contributed by atoms with Gasteiger partial charge in [0.2, 0.25) is 0 Å². The molecule has 1 saturated heterocycles. The third kappa shape index (κ3) is 2.49. The van der Waals surface area contributed by atoms with Crippen molar-refractivity contribution < 1.29 is 14.4 Å². The van der Waals surface area contributed by atoms with Crippen LogP contribution in [0.3, 0.4) is 0 Å². The van der Waals surface area contributed by atoms with E-state index in [1.54, 1.807) is 0 Å². The van der Waals surface area contributed by atoms with Crippen LogP contribution in [0.2, 0.25) is 0 Å². The van der Waals surface area contributed by atoms with Crippen LogP contribution in [-0.4, -0.2) is 47.0 Å². The summed E-state index contributed by atoms with van der Waals surface area (Å²) in [6.45, 7) is 0.168. The van der Waals surface area contributed by atoms with Gasteiger partial charge in [0.1, 0.15) is 0 Å². The lowest BCUT2D eigenvalue weighted by Gasteiger charge is -2.20. The van der Waals surface area contributed by atoms with Gasteiger partial charge in [-0.15, -0.1) is 0 Å². The van der Waals surface area contributed by atoms with Crippen LogP contribution in [-0.2, 0) is 9.59 Å². The molecule has 0 spiro atoms. The zero-order chi connectivity index (χ0) is 14.0. The standard InChI is InChI=1S/C13H14N2O3S/c1-14-11(16)12(17)15(13(14)18)7-10(8-19)9-5-3-2-4-6-9/h2-6,10,19H,7-8H2,1H3. The second-order valence-corrected chi connectivity index (χ2v) is 4.72. The van der Waals surface area contributed by atoms with Gasteiger partial charge in [-0.2, -0.15) is 12.6 Å². The molecule has 0 aliphatic carbocycles. The van der Waals surface area contributed by atoms with E-state index in [4.69, 9.17) is 0 Å². The Hall–Kier alpha value is -1.82. The maximum atomic E-state index is 11.8. The third-order valence-corrected chi connectivity index (χ3v) is 3.59. The number of amides is 4. The van der Waals surface area contributed by atoms with Gasteiger partial charge in [-0.1, -0.05) is 30.3 Å².